The van der Waals surface area contributed by atoms with Crippen molar-refractivity contribution in [2.75, 3.05) is 17.8 Å². The number of para-hydroxylation sites is 2. The van der Waals surface area contributed by atoms with Crippen LogP contribution in [0.2, 0.25) is 5.02 Å². The van der Waals surface area contributed by atoms with Crippen molar-refractivity contribution in [3.63, 3.8) is 0 Å². The highest BCUT2D eigenvalue weighted by atomic mass is 35.5. The highest BCUT2D eigenvalue weighted by Crippen LogP contribution is 2.33. The van der Waals surface area contributed by atoms with Crippen LogP contribution in [0, 0.1) is 0 Å². The van der Waals surface area contributed by atoms with Crippen molar-refractivity contribution < 1.29 is 27.5 Å². The van der Waals surface area contributed by atoms with Crippen LogP contribution in [0.15, 0.2) is 106 Å². The Morgan fingerprint density at radius 2 is 1.65 bits per heavy atom. The summed E-state index contributed by atoms with van der Waals surface area (Å²) in [5, 5.41) is 0.260. The van der Waals surface area contributed by atoms with Gasteiger partial charge in [0, 0.05) is 4.90 Å². The number of aromatic amines is 1. The standard InChI is InChI=1S/C29H23ClN4O7S2/c1-39-18-11-13-20(14-12-18)41-33-28(36)22-15-26(25(16-23(22)30)42-17-40-19-7-3-2-4-8-19)43(37,38)34-29-31-24-10-6-5-9-21(24)27(35)32-29/h2-16H,17H2,1H3,(H,33,36)(H2,31,32,34,35). The van der Waals surface area contributed by atoms with Gasteiger partial charge in [0.25, 0.3) is 21.5 Å². The number of carbonyl (C=O) groups excluding carboxylic acids is 1. The van der Waals surface area contributed by atoms with Crippen LogP contribution in [-0.2, 0) is 10.0 Å². The number of ether oxygens (including phenoxy) is 2. The van der Waals surface area contributed by atoms with Crippen LogP contribution in [0.1, 0.15) is 10.4 Å². The Hall–Kier alpha value is -4.72. The van der Waals surface area contributed by atoms with Gasteiger partial charge in [-0.2, -0.15) is 5.48 Å². The summed E-state index contributed by atoms with van der Waals surface area (Å²) in [4.78, 5) is 37.5. The predicted molar refractivity (Wildman–Crippen MR) is 164 cm³/mol. The Bertz CT molecular complexity index is 1940. The molecule has 0 fully saturated rings. The molecule has 0 bridgehead atoms. The first kappa shape index (κ1) is 29.8. The highest BCUT2D eigenvalue weighted by Gasteiger charge is 2.25. The number of aromatic nitrogens is 2. The fraction of sp³-hybridized carbons (Fsp3) is 0.0690. The normalized spacial score (nSPS) is 11.1. The molecule has 0 aliphatic rings. The largest absolute Gasteiger partial charge is 0.497 e. The molecule has 220 valence electrons. The second kappa shape index (κ2) is 13.1. The van der Waals surface area contributed by atoms with Crippen molar-refractivity contribution in [2.24, 2.45) is 0 Å². The van der Waals surface area contributed by atoms with Gasteiger partial charge in [-0.15, -0.1) is 0 Å². The molecule has 11 nitrogen and oxygen atoms in total. The van der Waals surface area contributed by atoms with Crippen LogP contribution in [0.3, 0.4) is 0 Å². The Morgan fingerprint density at radius 1 is 0.953 bits per heavy atom. The monoisotopic (exact) mass is 638 g/mol. The molecule has 0 aliphatic heterocycles. The van der Waals surface area contributed by atoms with Gasteiger partial charge in [-0.05, 0) is 60.7 Å². The Labute approximate surface area is 255 Å². The number of halogens is 1. The number of fused-ring (bicyclic) bond motifs is 1. The molecular weight excluding hydrogens is 616 g/mol. The molecule has 5 rings (SSSR count). The van der Waals surface area contributed by atoms with Gasteiger partial charge in [-0.25, -0.2) is 18.1 Å². The quantitative estimate of drug-likeness (QED) is 0.100. The van der Waals surface area contributed by atoms with Gasteiger partial charge in [0.05, 0.1) is 28.6 Å². The summed E-state index contributed by atoms with van der Waals surface area (Å²) in [6.07, 6.45) is 0. The number of rotatable bonds is 11. The molecule has 43 heavy (non-hydrogen) atoms. The summed E-state index contributed by atoms with van der Waals surface area (Å²) in [5.41, 5.74) is 1.85. The number of hydroxylamine groups is 1. The average molecular weight is 639 g/mol. The van der Waals surface area contributed by atoms with E-state index in [1.165, 1.54) is 13.2 Å². The van der Waals surface area contributed by atoms with Crippen LogP contribution in [0.5, 0.6) is 17.2 Å². The third-order valence-corrected chi connectivity index (χ3v) is 8.62. The molecule has 0 saturated carbocycles. The van der Waals surface area contributed by atoms with E-state index >= 15 is 0 Å². The predicted octanol–water partition coefficient (Wildman–Crippen LogP) is 5.24. The molecule has 1 heterocycles. The molecule has 0 unspecified atom stereocenters. The number of hydrogen-bond donors (Lipinski definition) is 3. The Balaban J connectivity index is 1.45. The van der Waals surface area contributed by atoms with Gasteiger partial charge in [-0.3, -0.25) is 14.6 Å². The maximum atomic E-state index is 13.7. The van der Waals surface area contributed by atoms with Crippen LogP contribution in [0.4, 0.5) is 5.95 Å². The molecule has 0 radical (unpaired) electrons. The van der Waals surface area contributed by atoms with E-state index < -0.39 is 21.5 Å². The van der Waals surface area contributed by atoms with Gasteiger partial charge < -0.3 is 14.3 Å². The van der Waals surface area contributed by atoms with Gasteiger partial charge in [-0.1, -0.05) is 53.7 Å². The van der Waals surface area contributed by atoms with Crippen LogP contribution in [-0.4, -0.2) is 37.3 Å². The molecule has 0 saturated heterocycles. The van der Waals surface area contributed by atoms with E-state index in [1.807, 2.05) is 6.07 Å². The van der Waals surface area contributed by atoms with Gasteiger partial charge >= 0.3 is 0 Å². The number of hydrogen-bond acceptors (Lipinski definition) is 9. The minimum atomic E-state index is -4.42. The van der Waals surface area contributed by atoms with E-state index in [9.17, 15) is 18.0 Å². The topological polar surface area (TPSA) is 149 Å². The number of nitrogens with zero attached hydrogens (tertiary/aromatic N) is 1. The van der Waals surface area contributed by atoms with Crippen molar-refractivity contribution in [2.45, 2.75) is 9.79 Å². The summed E-state index contributed by atoms with van der Waals surface area (Å²) in [6.45, 7) is 0. The molecule has 0 spiro atoms. The van der Waals surface area contributed by atoms with Crippen molar-refractivity contribution in [3.8, 4) is 17.2 Å². The minimum Gasteiger partial charge on any atom is -0.497 e. The molecular formula is C29H23ClN4O7S2. The smallest absolute Gasteiger partial charge is 0.285 e. The lowest BCUT2D eigenvalue weighted by Crippen LogP contribution is -2.28. The summed E-state index contributed by atoms with van der Waals surface area (Å²) in [5.74, 6) is 0.399. The number of sulfonamides is 1. The number of anilines is 1. The molecule has 4 aromatic carbocycles. The summed E-state index contributed by atoms with van der Waals surface area (Å²) in [7, 11) is -2.91. The van der Waals surface area contributed by atoms with Crippen molar-refractivity contribution in [1.29, 1.82) is 0 Å². The van der Waals surface area contributed by atoms with Crippen molar-refractivity contribution in [1.82, 2.24) is 15.4 Å². The molecule has 0 aliphatic carbocycles. The maximum absolute atomic E-state index is 13.7. The van der Waals surface area contributed by atoms with Crippen LogP contribution < -0.4 is 30.1 Å². The van der Waals surface area contributed by atoms with Gasteiger partial charge in [0.15, 0.2) is 5.75 Å². The lowest BCUT2D eigenvalue weighted by Gasteiger charge is -2.15. The lowest BCUT2D eigenvalue weighted by molar-refractivity contribution is 0.0759. The Kier molecular flexibility index (Phi) is 9.04. The number of H-pyrrole nitrogens is 1. The van der Waals surface area contributed by atoms with Gasteiger partial charge in [0.2, 0.25) is 5.95 Å². The van der Waals surface area contributed by atoms with E-state index in [0.717, 1.165) is 17.8 Å². The number of nitrogens with one attached hydrogen (secondary N) is 3. The zero-order valence-electron chi connectivity index (χ0n) is 22.4. The van der Waals surface area contributed by atoms with Gasteiger partial charge in [0.1, 0.15) is 22.3 Å². The third-order valence-electron chi connectivity index (χ3n) is 5.92. The highest BCUT2D eigenvalue weighted by molar-refractivity contribution is 8.00. The molecule has 14 heteroatoms. The first-order valence-electron chi connectivity index (χ1n) is 12.5. The Morgan fingerprint density at radius 3 is 2.40 bits per heavy atom. The molecule has 5 aromatic rings. The first-order valence-corrected chi connectivity index (χ1v) is 15.4. The number of amides is 1. The lowest BCUT2D eigenvalue weighted by atomic mass is 10.2. The molecule has 1 aromatic heterocycles. The number of methoxy groups -OCH3 is 1. The second-order valence-corrected chi connectivity index (χ2v) is 11.8. The minimum absolute atomic E-state index is 0.0278. The number of benzene rings is 4. The molecule has 3 N–H and O–H groups in total. The number of carbonyl (C=O) groups is 1. The van der Waals surface area contributed by atoms with Crippen LogP contribution in [0.25, 0.3) is 10.9 Å². The fourth-order valence-corrected chi connectivity index (χ4v) is 6.43. The first-order chi connectivity index (χ1) is 20.7. The zero-order chi connectivity index (χ0) is 30.4. The second-order valence-electron chi connectivity index (χ2n) is 8.74. The molecule has 0 atom stereocenters. The number of thioether (sulfide) groups is 1. The van der Waals surface area contributed by atoms with E-state index in [1.54, 1.807) is 72.8 Å². The zero-order valence-corrected chi connectivity index (χ0v) is 24.8. The SMILES string of the molecule is COc1ccc(ONC(=O)c2cc(S(=O)(=O)Nc3nc4ccccc4c(=O)[nH]3)c(SCOc3ccccc3)cc2Cl)cc1. The fourth-order valence-electron chi connectivity index (χ4n) is 3.83. The van der Waals surface area contributed by atoms with Crippen LogP contribution >= 0.6 is 23.4 Å². The summed E-state index contributed by atoms with van der Waals surface area (Å²) < 4.78 is 40.5. The third kappa shape index (κ3) is 7.20. The van der Waals surface area contributed by atoms with Crippen molar-refractivity contribution in [3.05, 3.63) is 112 Å². The molecule has 1 amide bonds. The summed E-state index contributed by atoms with van der Waals surface area (Å²) in [6, 6.07) is 24.3. The van der Waals surface area contributed by atoms with E-state index in [0.29, 0.717) is 28.2 Å². The van der Waals surface area contributed by atoms with Crippen molar-refractivity contribution >= 4 is 56.1 Å². The summed E-state index contributed by atoms with van der Waals surface area (Å²) >= 11 is 7.49. The van der Waals surface area contributed by atoms with E-state index in [4.69, 9.17) is 25.9 Å². The maximum Gasteiger partial charge on any atom is 0.285 e. The van der Waals surface area contributed by atoms with E-state index in [-0.39, 0.29) is 32.3 Å². The average Bonchev–Trinajstić information content (AvgIpc) is 3.00. The van der Waals surface area contributed by atoms with E-state index in [2.05, 4.69) is 20.2 Å².